The first-order valence-electron chi connectivity index (χ1n) is 6.85. The highest BCUT2D eigenvalue weighted by molar-refractivity contribution is 5.14. The fraction of sp³-hybridized carbons (Fsp3) is 0.600. The highest BCUT2D eigenvalue weighted by Crippen LogP contribution is 2.23. The van der Waals surface area contributed by atoms with Crippen LogP contribution < -0.4 is 0 Å². The second kappa shape index (κ2) is 6.88. The summed E-state index contributed by atoms with van der Waals surface area (Å²) >= 11 is 0. The van der Waals surface area contributed by atoms with Crippen molar-refractivity contribution in [1.29, 1.82) is 0 Å². The van der Waals surface area contributed by atoms with Crippen LogP contribution in [0.5, 0.6) is 0 Å². The van der Waals surface area contributed by atoms with Crippen molar-refractivity contribution in [2.75, 3.05) is 19.7 Å². The van der Waals surface area contributed by atoms with Crippen LogP contribution in [0.25, 0.3) is 0 Å². The molecule has 1 atom stereocenters. The van der Waals surface area contributed by atoms with Crippen molar-refractivity contribution in [3.63, 3.8) is 0 Å². The molecular formula is C15H23NO2. The molecule has 100 valence electrons. The predicted molar refractivity (Wildman–Crippen MR) is 72.2 cm³/mol. The minimum absolute atomic E-state index is 0.0887. The summed E-state index contributed by atoms with van der Waals surface area (Å²) in [4.78, 5) is 2.44. The lowest BCUT2D eigenvalue weighted by Crippen LogP contribution is -2.37. The maximum absolute atomic E-state index is 9.87. The summed E-state index contributed by atoms with van der Waals surface area (Å²) in [7, 11) is 0. The van der Waals surface area contributed by atoms with Crippen LogP contribution in [0.1, 0.15) is 24.8 Å². The van der Waals surface area contributed by atoms with Gasteiger partial charge in [0.25, 0.3) is 0 Å². The summed E-state index contributed by atoms with van der Waals surface area (Å²) in [5, 5.41) is 18.7. The van der Waals surface area contributed by atoms with Gasteiger partial charge in [0.05, 0.1) is 6.10 Å². The minimum Gasteiger partial charge on any atom is -0.396 e. The number of nitrogens with zero attached hydrogens (tertiary/aromatic N) is 1. The van der Waals surface area contributed by atoms with Gasteiger partial charge in [-0.1, -0.05) is 30.3 Å². The number of aliphatic hydroxyl groups is 2. The number of piperidine rings is 1. The van der Waals surface area contributed by atoms with Crippen molar-refractivity contribution in [3.8, 4) is 0 Å². The second-order valence-electron chi connectivity index (χ2n) is 5.18. The van der Waals surface area contributed by atoms with E-state index in [0.717, 1.165) is 32.5 Å². The number of benzene rings is 1. The Labute approximate surface area is 109 Å². The molecule has 1 unspecified atom stereocenters. The van der Waals surface area contributed by atoms with Crippen LogP contribution >= 0.6 is 0 Å². The zero-order chi connectivity index (χ0) is 12.8. The third-order valence-corrected chi connectivity index (χ3v) is 3.85. The van der Waals surface area contributed by atoms with E-state index in [1.54, 1.807) is 0 Å². The Morgan fingerprint density at radius 1 is 1.17 bits per heavy atom. The van der Waals surface area contributed by atoms with Gasteiger partial charge in [0.15, 0.2) is 0 Å². The molecular weight excluding hydrogens is 226 g/mol. The molecule has 3 heteroatoms. The number of likely N-dealkylation sites (tertiary alicyclic amines) is 1. The van der Waals surface area contributed by atoms with Crippen molar-refractivity contribution < 1.29 is 10.2 Å². The van der Waals surface area contributed by atoms with Crippen LogP contribution in [0, 0.1) is 5.92 Å². The van der Waals surface area contributed by atoms with Crippen LogP contribution in [0.4, 0.5) is 0 Å². The third-order valence-electron chi connectivity index (χ3n) is 3.85. The summed E-state index contributed by atoms with van der Waals surface area (Å²) in [5.74, 6) is 0.365. The average Bonchev–Trinajstić information content (AvgIpc) is 2.41. The maximum Gasteiger partial charge on any atom is 0.0591 e. The van der Waals surface area contributed by atoms with Crippen LogP contribution in [-0.2, 0) is 6.54 Å². The summed E-state index contributed by atoms with van der Waals surface area (Å²) in [6.45, 7) is 3.18. The normalized spacial score (nSPS) is 19.9. The first-order valence-corrected chi connectivity index (χ1v) is 6.85. The van der Waals surface area contributed by atoms with E-state index in [9.17, 15) is 5.11 Å². The molecule has 1 aliphatic rings. The van der Waals surface area contributed by atoms with Crippen molar-refractivity contribution in [2.24, 2.45) is 5.92 Å². The van der Waals surface area contributed by atoms with E-state index in [-0.39, 0.29) is 12.7 Å². The number of aliphatic hydroxyl groups excluding tert-OH is 2. The molecule has 1 fully saturated rings. The zero-order valence-corrected chi connectivity index (χ0v) is 10.8. The van der Waals surface area contributed by atoms with Crippen molar-refractivity contribution in [3.05, 3.63) is 35.9 Å². The molecule has 0 aromatic heterocycles. The van der Waals surface area contributed by atoms with Gasteiger partial charge in [-0.05, 0) is 43.8 Å². The highest BCUT2D eigenvalue weighted by atomic mass is 16.3. The van der Waals surface area contributed by atoms with Crippen LogP contribution in [-0.4, -0.2) is 40.9 Å². The van der Waals surface area contributed by atoms with E-state index in [4.69, 9.17) is 5.11 Å². The lowest BCUT2D eigenvalue weighted by atomic mass is 9.89. The number of hydrogen-bond acceptors (Lipinski definition) is 3. The lowest BCUT2D eigenvalue weighted by Gasteiger charge is -2.34. The van der Waals surface area contributed by atoms with Gasteiger partial charge in [0.2, 0.25) is 0 Å². The first-order chi connectivity index (χ1) is 8.79. The van der Waals surface area contributed by atoms with Crippen LogP contribution in [0.3, 0.4) is 0 Å². The Kier molecular flexibility index (Phi) is 5.17. The fourth-order valence-electron chi connectivity index (χ4n) is 2.71. The maximum atomic E-state index is 9.87. The monoisotopic (exact) mass is 249 g/mol. The SMILES string of the molecule is OCCC(O)C1CCN(Cc2ccccc2)CC1. The topological polar surface area (TPSA) is 43.7 Å². The van der Waals surface area contributed by atoms with Gasteiger partial charge in [-0.2, -0.15) is 0 Å². The Balaban J connectivity index is 1.77. The molecule has 18 heavy (non-hydrogen) atoms. The van der Waals surface area contributed by atoms with Gasteiger partial charge < -0.3 is 10.2 Å². The van der Waals surface area contributed by atoms with Crippen molar-refractivity contribution >= 4 is 0 Å². The Morgan fingerprint density at radius 3 is 2.44 bits per heavy atom. The zero-order valence-electron chi connectivity index (χ0n) is 10.8. The summed E-state index contributed by atoms with van der Waals surface area (Å²) in [6.07, 6.45) is 2.26. The Bertz CT molecular complexity index is 334. The molecule has 1 aliphatic heterocycles. The number of hydrogen-bond donors (Lipinski definition) is 2. The summed E-state index contributed by atoms with van der Waals surface area (Å²) < 4.78 is 0. The molecule has 0 bridgehead atoms. The summed E-state index contributed by atoms with van der Waals surface area (Å²) in [6, 6.07) is 10.5. The van der Waals surface area contributed by atoms with E-state index in [2.05, 4.69) is 29.2 Å². The van der Waals surface area contributed by atoms with Gasteiger partial charge in [-0.25, -0.2) is 0 Å². The quantitative estimate of drug-likeness (QED) is 0.834. The molecule has 0 amide bonds. The molecule has 1 aromatic rings. The van der Waals surface area contributed by atoms with E-state index >= 15 is 0 Å². The smallest absolute Gasteiger partial charge is 0.0591 e. The molecule has 2 rings (SSSR count). The van der Waals surface area contributed by atoms with E-state index < -0.39 is 0 Å². The number of rotatable bonds is 5. The van der Waals surface area contributed by atoms with Gasteiger partial charge in [0.1, 0.15) is 0 Å². The predicted octanol–water partition coefficient (Wildman–Crippen LogP) is 1.64. The molecule has 3 nitrogen and oxygen atoms in total. The van der Waals surface area contributed by atoms with E-state index in [1.807, 2.05) is 6.07 Å². The van der Waals surface area contributed by atoms with Gasteiger partial charge >= 0.3 is 0 Å². The minimum atomic E-state index is -0.325. The molecule has 1 saturated heterocycles. The van der Waals surface area contributed by atoms with Gasteiger partial charge in [-0.3, -0.25) is 4.90 Å². The molecule has 0 aliphatic carbocycles. The third kappa shape index (κ3) is 3.80. The molecule has 2 N–H and O–H groups in total. The van der Waals surface area contributed by atoms with Crippen molar-refractivity contribution in [1.82, 2.24) is 4.90 Å². The highest BCUT2D eigenvalue weighted by Gasteiger charge is 2.24. The molecule has 0 radical (unpaired) electrons. The molecule has 0 spiro atoms. The lowest BCUT2D eigenvalue weighted by molar-refractivity contribution is 0.0400. The first kappa shape index (κ1) is 13.5. The average molecular weight is 249 g/mol. The van der Waals surface area contributed by atoms with Crippen LogP contribution in [0.15, 0.2) is 30.3 Å². The largest absolute Gasteiger partial charge is 0.396 e. The van der Waals surface area contributed by atoms with E-state index in [0.29, 0.717) is 12.3 Å². The van der Waals surface area contributed by atoms with E-state index in [1.165, 1.54) is 5.56 Å². The fourth-order valence-corrected chi connectivity index (χ4v) is 2.71. The molecule has 1 heterocycles. The summed E-state index contributed by atoms with van der Waals surface area (Å²) in [5.41, 5.74) is 1.35. The van der Waals surface area contributed by atoms with Gasteiger partial charge in [-0.15, -0.1) is 0 Å². The second-order valence-corrected chi connectivity index (χ2v) is 5.18. The van der Waals surface area contributed by atoms with Crippen molar-refractivity contribution in [2.45, 2.75) is 31.9 Å². The van der Waals surface area contributed by atoms with Crippen LogP contribution in [0.2, 0.25) is 0 Å². The molecule has 1 aromatic carbocycles. The van der Waals surface area contributed by atoms with Gasteiger partial charge in [0, 0.05) is 13.2 Å². The molecule has 0 saturated carbocycles. The Hall–Kier alpha value is -0.900. The Morgan fingerprint density at radius 2 is 1.83 bits per heavy atom. The standard InChI is InChI=1S/C15H23NO2/c17-11-8-15(18)14-6-9-16(10-7-14)12-13-4-2-1-3-5-13/h1-5,14-15,17-18H,6-12H2.